The normalized spacial score (nSPS) is 26.3. The first-order valence-corrected chi connectivity index (χ1v) is 8.54. The van der Waals surface area contributed by atoms with Gasteiger partial charge < -0.3 is 14.5 Å². The molecule has 1 aromatic carbocycles. The van der Waals surface area contributed by atoms with Crippen molar-refractivity contribution >= 4 is 6.09 Å². The molecule has 0 radical (unpaired) electrons. The smallest absolute Gasteiger partial charge is 0.410 e. The average Bonchev–Trinajstić information content (AvgIpc) is 2.91. The molecule has 2 atom stereocenters. The molecule has 1 saturated carbocycles. The predicted octanol–water partition coefficient (Wildman–Crippen LogP) is 3.23. The number of hydrogen-bond donors (Lipinski definition) is 0. The Bertz CT molecular complexity index is 540. The zero-order chi connectivity index (χ0) is 16.6. The van der Waals surface area contributed by atoms with Crippen LogP contribution in [0.15, 0.2) is 30.3 Å². The highest BCUT2D eigenvalue weighted by Crippen LogP contribution is 2.52. The number of amides is 1. The van der Waals surface area contributed by atoms with Crippen molar-refractivity contribution in [2.24, 2.45) is 17.8 Å². The van der Waals surface area contributed by atoms with Crippen LogP contribution in [0.5, 0.6) is 0 Å². The number of rotatable bonds is 4. The summed E-state index contributed by atoms with van der Waals surface area (Å²) in [4.78, 5) is 16.4. The van der Waals surface area contributed by atoms with E-state index in [4.69, 9.17) is 4.74 Å². The number of fused-ring (bicyclic) bond motifs is 1. The molecule has 0 aromatic heterocycles. The number of ether oxygens (including phenoxy) is 1. The summed E-state index contributed by atoms with van der Waals surface area (Å²) in [6.07, 6.45) is -0.152. The van der Waals surface area contributed by atoms with E-state index in [0.29, 0.717) is 11.8 Å². The molecule has 1 aliphatic heterocycles. The summed E-state index contributed by atoms with van der Waals surface area (Å²) in [5, 5.41) is 0. The molecule has 0 spiro atoms. The summed E-state index contributed by atoms with van der Waals surface area (Å²) in [6.45, 7) is 9.60. The quantitative estimate of drug-likeness (QED) is 0.855. The fourth-order valence-electron chi connectivity index (χ4n) is 3.72. The molecule has 2 fully saturated rings. The summed E-state index contributed by atoms with van der Waals surface area (Å²) in [7, 11) is 2.19. The van der Waals surface area contributed by atoms with Gasteiger partial charge in [-0.15, -0.1) is 0 Å². The molecule has 126 valence electrons. The largest absolute Gasteiger partial charge is 0.444 e. The van der Waals surface area contributed by atoms with E-state index in [1.807, 2.05) is 25.7 Å². The fourth-order valence-corrected chi connectivity index (χ4v) is 3.72. The van der Waals surface area contributed by atoms with Crippen molar-refractivity contribution in [2.75, 3.05) is 26.7 Å². The van der Waals surface area contributed by atoms with Crippen molar-refractivity contribution in [3.63, 3.8) is 0 Å². The van der Waals surface area contributed by atoms with Crippen LogP contribution < -0.4 is 0 Å². The van der Waals surface area contributed by atoms with E-state index in [9.17, 15) is 4.79 Å². The number of piperidine rings is 1. The molecular weight excluding hydrogens is 288 g/mol. The Labute approximate surface area is 139 Å². The Morgan fingerprint density at radius 2 is 1.83 bits per heavy atom. The average molecular weight is 316 g/mol. The van der Waals surface area contributed by atoms with E-state index in [0.717, 1.165) is 32.1 Å². The maximum Gasteiger partial charge on any atom is 0.410 e. The molecule has 1 aliphatic carbocycles. The molecule has 1 saturated heterocycles. The van der Waals surface area contributed by atoms with Gasteiger partial charge in [0.2, 0.25) is 0 Å². The number of likely N-dealkylation sites (tertiary alicyclic amines) is 1. The molecule has 4 heteroatoms. The van der Waals surface area contributed by atoms with Crippen molar-refractivity contribution in [2.45, 2.75) is 32.9 Å². The second-order valence-corrected chi connectivity index (χ2v) is 8.06. The van der Waals surface area contributed by atoms with Gasteiger partial charge in [-0.05, 0) is 51.1 Å². The van der Waals surface area contributed by atoms with Crippen LogP contribution in [0.3, 0.4) is 0 Å². The molecule has 1 amide bonds. The van der Waals surface area contributed by atoms with Crippen LogP contribution in [0, 0.1) is 17.8 Å². The maximum atomic E-state index is 12.1. The van der Waals surface area contributed by atoms with Crippen LogP contribution in [-0.4, -0.2) is 48.2 Å². The van der Waals surface area contributed by atoms with Crippen molar-refractivity contribution in [3.8, 4) is 0 Å². The molecule has 0 bridgehead atoms. The highest BCUT2D eigenvalue weighted by Gasteiger charge is 2.56. The minimum Gasteiger partial charge on any atom is -0.444 e. The van der Waals surface area contributed by atoms with Gasteiger partial charge in [-0.2, -0.15) is 0 Å². The first-order chi connectivity index (χ1) is 10.8. The molecule has 4 nitrogen and oxygen atoms in total. The highest BCUT2D eigenvalue weighted by molar-refractivity contribution is 5.69. The lowest BCUT2D eigenvalue weighted by Gasteiger charge is -2.26. The van der Waals surface area contributed by atoms with E-state index in [-0.39, 0.29) is 6.09 Å². The van der Waals surface area contributed by atoms with Gasteiger partial charge in [0.1, 0.15) is 5.60 Å². The van der Waals surface area contributed by atoms with Crippen LogP contribution in [0.1, 0.15) is 26.3 Å². The molecule has 3 rings (SSSR count). The minimum absolute atomic E-state index is 0.152. The van der Waals surface area contributed by atoms with Crippen LogP contribution in [0.2, 0.25) is 0 Å². The van der Waals surface area contributed by atoms with Crippen LogP contribution >= 0.6 is 0 Å². The van der Waals surface area contributed by atoms with Gasteiger partial charge >= 0.3 is 6.09 Å². The number of hydrogen-bond acceptors (Lipinski definition) is 3. The Kier molecular flexibility index (Phi) is 4.37. The summed E-state index contributed by atoms with van der Waals surface area (Å²) in [5.41, 5.74) is 0.954. The third-order valence-corrected chi connectivity index (χ3v) is 4.84. The van der Waals surface area contributed by atoms with Gasteiger partial charge in [0.15, 0.2) is 0 Å². The Morgan fingerprint density at radius 3 is 2.39 bits per heavy atom. The first-order valence-electron chi connectivity index (χ1n) is 8.54. The molecular formula is C19H28N2O2. The van der Waals surface area contributed by atoms with Gasteiger partial charge in [-0.1, -0.05) is 30.3 Å². The summed E-state index contributed by atoms with van der Waals surface area (Å²) < 4.78 is 5.46. The van der Waals surface area contributed by atoms with Crippen molar-refractivity contribution in [1.82, 2.24) is 9.80 Å². The van der Waals surface area contributed by atoms with E-state index in [1.54, 1.807) is 0 Å². The summed E-state index contributed by atoms with van der Waals surface area (Å²) >= 11 is 0. The lowest BCUT2D eigenvalue weighted by Crippen LogP contribution is -2.37. The number of benzene rings is 1. The molecule has 2 aliphatic rings. The second-order valence-electron chi connectivity index (χ2n) is 8.06. The summed E-state index contributed by atoms with van der Waals surface area (Å²) in [6, 6.07) is 10.6. The lowest BCUT2D eigenvalue weighted by molar-refractivity contribution is 0.0263. The van der Waals surface area contributed by atoms with Crippen molar-refractivity contribution in [1.29, 1.82) is 0 Å². The van der Waals surface area contributed by atoms with Crippen molar-refractivity contribution < 1.29 is 9.53 Å². The van der Waals surface area contributed by atoms with Crippen molar-refractivity contribution in [3.05, 3.63) is 35.9 Å². The number of carbonyl (C=O) groups is 1. The third kappa shape index (κ3) is 4.05. The van der Waals surface area contributed by atoms with Gasteiger partial charge in [0.25, 0.3) is 0 Å². The Morgan fingerprint density at radius 1 is 1.22 bits per heavy atom. The lowest BCUT2D eigenvalue weighted by atomic mass is 10.2. The van der Waals surface area contributed by atoms with Crippen LogP contribution in [0.25, 0.3) is 0 Å². The molecule has 0 N–H and O–H groups in total. The number of nitrogens with zero attached hydrogens (tertiary/aromatic N) is 2. The molecule has 23 heavy (non-hydrogen) atoms. The topological polar surface area (TPSA) is 32.8 Å². The van der Waals surface area contributed by atoms with Crippen LogP contribution in [0.4, 0.5) is 4.79 Å². The van der Waals surface area contributed by atoms with E-state index in [1.165, 1.54) is 5.56 Å². The van der Waals surface area contributed by atoms with Gasteiger partial charge in [0, 0.05) is 26.2 Å². The fraction of sp³-hybridized carbons (Fsp3) is 0.632. The molecule has 1 heterocycles. The maximum absolute atomic E-state index is 12.1. The predicted molar refractivity (Wildman–Crippen MR) is 91.1 cm³/mol. The van der Waals surface area contributed by atoms with Gasteiger partial charge in [-0.3, -0.25) is 0 Å². The van der Waals surface area contributed by atoms with Crippen LogP contribution in [-0.2, 0) is 11.3 Å². The zero-order valence-corrected chi connectivity index (χ0v) is 14.7. The summed E-state index contributed by atoms with van der Waals surface area (Å²) in [5.74, 6) is 2.07. The Balaban J connectivity index is 1.43. The van der Waals surface area contributed by atoms with E-state index in [2.05, 4.69) is 42.3 Å². The highest BCUT2D eigenvalue weighted by atomic mass is 16.6. The SMILES string of the molecule is CN(Cc1ccccc1)CC1C2CN(C(=O)OC(C)(C)C)CC12. The first kappa shape index (κ1) is 16.3. The monoisotopic (exact) mass is 316 g/mol. The molecule has 2 unspecified atom stereocenters. The minimum atomic E-state index is -0.404. The van der Waals surface area contributed by atoms with Gasteiger partial charge in [-0.25, -0.2) is 4.79 Å². The molecule has 1 aromatic rings. The zero-order valence-electron chi connectivity index (χ0n) is 14.7. The van der Waals surface area contributed by atoms with E-state index >= 15 is 0 Å². The third-order valence-electron chi connectivity index (χ3n) is 4.84. The standard InChI is InChI=1S/C19H28N2O2/c1-19(2,3)23-18(22)21-12-16-15(17(16)13-21)11-20(4)10-14-8-6-5-7-9-14/h5-9,15-17H,10-13H2,1-4H3. The Hall–Kier alpha value is -1.55. The van der Waals surface area contributed by atoms with E-state index < -0.39 is 5.60 Å². The van der Waals surface area contributed by atoms with Gasteiger partial charge in [0.05, 0.1) is 0 Å². The second kappa shape index (κ2) is 6.16. The number of carbonyl (C=O) groups excluding carboxylic acids is 1.